The lowest BCUT2D eigenvalue weighted by Crippen LogP contribution is -2.24. The zero-order chi connectivity index (χ0) is 18.4. The molecule has 0 saturated carbocycles. The quantitative estimate of drug-likeness (QED) is 0.735. The van der Waals surface area contributed by atoms with Crippen LogP contribution in [-0.2, 0) is 0 Å². The number of anilines is 2. The molecule has 0 atom stereocenters. The van der Waals surface area contributed by atoms with Gasteiger partial charge in [0.1, 0.15) is 17.8 Å². The Hall–Kier alpha value is -2.69. The molecule has 0 radical (unpaired) electrons. The van der Waals surface area contributed by atoms with Crippen LogP contribution in [-0.4, -0.2) is 22.4 Å². The summed E-state index contributed by atoms with van der Waals surface area (Å²) in [5.41, 5.74) is 3.83. The third-order valence-electron chi connectivity index (χ3n) is 3.93. The van der Waals surface area contributed by atoms with E-state index in [9.17, 15) is 4.79 Å². The highest BCUT2D eigenvalue weighted by atomic mass is 16.1. The van der Waals surface area contributed by atoms with Crippen LogP contribution >= 0.6 is 0 Å². The molecule has 0 bridgehead atoms. The highest BCUT2D eigenvalue weighted by Gasteiger charge is 2.15. The first kappa shape index (κ1) is 18.6. The smallest absolute Gasteiger partial charge is 0.270 e. The molecule has 2 rings (SSSR count). The van der Waals surface area contributed by atoms with E-state index in [4.69, 9.17) is 0 Å². The molecule has 1 aromatic carbocycles. The Morgan fingerprint density at radius 3 is 2.36 bits per heavy atom. The Bertz CT molecular complexity index is 727. The van der Waals surface area contributed by atoms with E-state index in [2.05, 4.69) is 73.1 Å². The van der Waals surface area contributed by atoms with E-state index in [0.29, 0.717) is 29.9 Å². The second-order valence-corrected chi connectivity index (χ2v) is 6.53. The summed E-state index contributed by atoms with van der Waals surface area (Å²) in [6, 6.07) is 8.00. The van der Waals surface area contributed by atoms with Crippen molar-refractivity contribution in [3.63, 3.8) is 0 Å². The Balaban J connectivity index is 2.36. The van der Waals surface area contributed by atoms with Crippen molar-refractivity contribution < 1.29 is 4.79 Å². The van der Waals surface area contributed by atoms with Gasteiger partial charge < -0.3 is 10.6 Å². The first-order valence-corrected chi connectivity index (χ1v) is 8.55. The summed E-state index contributed by atoms with van der Waals surface area (Å²) in [5.74, 6) is 1.11. The van der Waals surface area contributed by atoms with Crippen molar-refractivity contribution in [3.05, 3.63) is 60.1 Å². The van der Waals surface area contributed by atoms with Gasteiger partial charge in [-0.05, 0) is 23.0 Å². The summed E-state index contributed by atoms with van der Waals surface area (Å²) in [6.07, 6.45) is 3.03. The monoisotopic (exact) mass is 338 g/mol. The minimum absolute atomic E-state index is 0.244. The van der Waals surface area contributed by atoms with Crippen molar-refractivity contribution in [2.45, 2.75) is 39.5 Å². The lowest BCUT2D eigenvalue weighted by Gasteiger charge is -2.20. The van der Waals surface area contributed by atoms with Gasteiger partial charge >= 0.3 is 0 Å². The van der Waals surface area contributed by atoms with E-state index in [1.807, 2.05) is 0 Å². The normalized spacial score (nSPS) is 10.8. The van der Waals surface area contributed by atoms with Crippen molar-refractivity contribution in [3.8, 4) is 0 Å². The van der Waals surface area contributed by atoms with Gasteiger partial charge in [0.15, 0.2) is 0 Å². The maximum absolute atomic E-state index is 12.1. The number of benzene rings is 1. The van der Waals surface area contributed by atoms with Gasteiger partial charge in [-0.25, -0.2) is 9.97 Å². The molecule has 0 saturated heterocycles. The fourth-order valence-corrected chi connectivity index (χ4v) is 2.63. The topological polar surface area (TPSA) is 66.9 Å². The van der Waals surface area contributed by atoms with Crippen LogP contribution in [0.4, 0.5) is 11.5 Å². The summed E-state index contributed by atoms with van der Waals surface area (Å²) < 4.78 is 0. The zero-order valence-corrected chi connectivity index (χ0v) is 15.3. The molecular formula is C20H26N4O. The predicted octanol–water partition coefficient (Wildman–Crippen LogP) is 4.38. The molecule has 1 aromatic heterocycles. The number of carbonyl (C=O) groups is 1. The summed E-state index contributed by atoms with van der Waals surface area (Å²) >= 11 is 0. The van der Waals surface area contributed by atoms with Crippen LogP contribution in [0.5, 0.6) is 0 Å². The highest BCUT2D eigenvalue weighted by Crippen LogP contribution is 2.34. The van der Waals surface area contributed by atoms with Crippen LogP contribution in [0.3, 0.4) is 0 Å². The minimum Gasteiger partial charge on any atom is -0.347 e. The van der Waals surface area contributed by atoms with E-state index in [-0.39, 0.29) is 5.91 Å². The summed E-state index contributed by atoms with van der Waals surface area (Å²) in [7, 11) is 0. The number of hydrogen-bond acceptors (Lipinski definition) is 4. The van der Waals surface area contributed by atoms with Crippen LogP contribution in [0.25, 0.3) is 0 Å². The Morgan fingerprint density at radius 1 is 1.16 bits per heavy atom. The number of carbonyl (C=O) groups excluding carboxylic acids is 1. The fourth-order valence-electron chi connectivity index (χ4n) is 2.63. The molecule has 5 nitrogen and oxygen atoms in total. The van der Waals surface area contributed by atoms with Crippen molar-refractivity contribution in [1.29, 1.82) is 0 Å². The molecule has 25 heavy (non-hydrogen) atoms. The van der Waals surface area contributed by atoms with Gasteiger partial charge in [-0.2, -0.15) is 0 Å². The van der Waals surface area contributed by atoms with E-state index < -0.39 is 0 Å². The van der Waals surface area contributed by atoms with Crippen molar-refractivity contribution >= 4 is 17.4 Å². The molecule has 0 spiro atoms. The second kappa shape index (κ2) is 8.42. The van der Waals surface area contributed by atoms with E-state index in [0.717, 1.165) is 5.69 Å². The van der Waals surface area contributed by atoms with Crippen LogP contribution in [0, 0.1) is 0 Å². The molecular weight excluding hydrogens is 312 g/mol. The van der Waals surface area contributed by atoms with Crippen molar-refractivity contribution in [1.82, 2.24) is 15.3 Å². The Kier molecular flexibility index (Phi) is 6.28. The molecule has 0 fully saturated rings. The maximum atomic E-state index is 12.1. The van der Waals surface area contributed by atoms with Gasteiger partial charge in [0.25, 0.3) is 5.91 Å². The number of nitrogens with one attached hydrogen (secondary N) is 2. The minimum atomic E-state index is -0.244. The van der Waals surface area contributed by atoms with E-state index in [1.165, 1.54) is 17.5 Å². The average molecular weight is 338 g/mol. The molecule has 2 N–H and O–H groups in total. The van der Waals surface area contributed by atoms with Crippen LogP contribution < -0.4 is 10.6 Å². The highest BCUT2D eigenvalue weighted by molar-refractivity contribution is 5.93. The van der Waals surface area contributed by atoms with E-state index >= 15 is 0 Å². The number of aromatic nitrogens is 2. The molecule has 0 unspecified atom stereocenters. The molecule has 1 amide bonds. The van der Waals surface area contributed by atoms with Crippen LogP contribution in [0.1, 0.15) is 61.1 Å². The van der Waals surface area contributed by atoms with Gasteiger partial charge in [-0.3, -0.25) is 4.79 Å². The zero-order valence-electron chi connectivity index (χ0n) is 15.3. The second-order valence-electron chi connectivity index (χ2n) is 6.53. The van der Waals surface area contributed by atoms with Crippen molar-refractivity contribution in [2.75, 3.05) is 11.9 Å². The number of rotatable bonds is 7. The SMILES string of the molecule is C=CCNC(=O)c1cc(Nc2c(C(C)C)cccc2C(C)C)ncn1. The fraction of sp³-hybridized carbons (Fsp3) is 0.350. The largest absolute Gasteiger partial charge is 0.347 e. The lowest BCUT2D eigenvalue weighted by molar-refractivity contribution is 0.0953. The number of amides is 1. The standard InChI is InChI=1S/C20H26N4O/c1-6-10-21-20(25)17-11-18(23-12-22-17)24-19-15(13(2)3)8-7-9-16(19)14(4)5/h6-9,11-14H,1,10H2,2-5H3,(H,21,25)(H,22,23,24). The maximum Gasteiger partial charge on any atom is 0.270 e. The third kappa shape index (κ3) is 4.66. The molecule has 0 aliphatic heterocycles. The Morgan fingerprint density at radius 2 is 1.80 bits per heavy atom. The third-order valence-corrected chi connectivity index (χ3v) is 3.93. The molecule has 1 heterocycles. The van der Waals surface area contributed by atoms with Crippen LogP contribution in [0.2, 0.25) is 0 Å². The van der Waals surface area contributed by atoms with Gasteiger partial charge in [-0.1, -0.05) is 52.0 Å². The Labute approximate surface area is 149 Å². The van der Waals surface area contributed by atoms with Gasteiger partial charge in [0, 0.05) is 18.3 Å². The number of hydrogen-bond donors (Lipinski definition) is 2. The molecule has 2 aromatic rings. The average Bonchev–Trinajstić information content (AvgIpc) is 2.59. The molecule has 132 valence electrons. The first-order valence-electron chi connectivity index (χ1n) is 8.55. The van der Waals surface area contributed by atoms with Gasteiger partial charge in [0.2, 0.25) is 0 Å². The summed E-state index contributed by atoms with van der Waals surface area (Å²) in [5, 5.41) is 6.13. The first-order chi connectivity index (χ1) is 11.9. The van der Waals surface area contributed by atoms with E-state index in [1.54, 1.807) is 12.1 Å². The molecule has 5 heteroatoms. The number of para-hydroxylation sites is 1. The predicted molar refractivity (Wildman–Crippen MR) is 102 cm³/mol. The number of nitrogens with zero attached hydrogens (tertiary/aromatic N) is 2. The van der Waals surface area contributed by atoms with Gasteiger partial charge in [-0.15, -0.1) is 6.58 Å². The van der Waals surface area contributed by atoms with Gasteiger partial charge in [0.05, 0.1) is 0 Å². The summed E-state index contributed by atoms with van der Waals surface area (Å²) in [4.78, 5) is 20.4. The molecule has 0 aliphatic rings. The molecule has 0 aliphatic carbocycles. The van der Waals surface area contributed by atoms with Crippen molar-refractivity contribution in [2.24, 2.45) is 0 Å². The lowest BCUT2D eigenvalue weighted by atomic mass is 9.92. The van der Waals surface area contributed by atoms with Crippen LogP contribution in [0.15, 0.2) is 43.2 Å². The summed E-state index contributed by atoms with van der Waals surface area (Å²) in [6.45, 7) is 12.7.